The van der Waals surface area contributed by atoms with Gasteiger partial charge in [-0.1, -0.05) is 41.9 Å². The third-order valence-corrected chi connectivity index (χ3v) is 5.27. The molecular formula is C22H23ClN4O2. The first-order chi connectivity index (χ1) is 14.2. The Kier molecular flexibility index (Phi) is 6.00. The van der Waals surface area contributed by atoms with Crippen molar-refractivity contribution in [3.8, 4) is 17.0 Å². The highest BCUT2D eigenvalue weighted by atomic mass is 35.5. The number of piperidine rings is 1. The van der Waals surface area contributed by atoms with Gasteiger partial charge in [-0.3, -0.25) is 9.89 Å². The predicted molar refractivity (Wildman–Crippen MR) is 114 cm³/mol. The second-order valence-electron chi connectivity index (χ2n) is 7.08. The highest BCUT2D eigenvalue weighted by molar-refractivity contribution is 6.30. The van der Waals surface area contributed by atoms with Gasteiger partial charge in [0.2, 0.25) is 0 Å². The lowest BCUT2D eigenvalue weighted by molar-refractivity contribution is -0.123. The molecule has 1 saturated heterocycles. The molecule has 29 heavy (non-hydrogen) atoms. The van der Waals surface area contributed by atoms with E-state index in [-0.39, 0.29) is 18.6 Å². The predicted octanol–water partition coefficient (Wildman–Crippen LogP) is 3.89. The van der Waals surface area contributed by atoms with Gasteiger partial charge in [0.15, 0.2) is 12.4 Å². The quantitative estimate of drug-likeness (QED) is 0.646. The van der Waals surface area contributed by atoms with Crippen molar-refractivity contribution in [3.63, 3.8) is 0 Å². The number of halogens is 1. The maximum Gasteiger partial charge on any atom is 0.258 e. The average Bonchev–Trinajstić information content (AvgIpc) is 3.25. The Balaban J connectivity index is 1.24. The van der Waals surface area contributed by atoms with Crippen LogP contribution in [0.2, 0.25) is 5.02 Å². The van der Waals surface area contributed by atoms with Crippen LogP contribution < -0.4 is 15.0 Å². The summed E-state index contributed by atoms with van der Waals surface area (Å²) >= 11 is 5.85. The summed E-state index contributed by atoms with van der Waals surface area (Å²) in [5, 5.41) is 11.3. The zero-order chi connectivity index (χ0) is 20.1. The molecule has 0 radical (unpaired) electrons. The van der Waals surface area contributed by atoms with Crippen LogP contribution in [0.4, 0.5) is 5.82 Å². The number of hydrogen-bond acceptors (Lipinski definition) is 4. The molecule has 2 heterocycles. The lowest BCUT2D eigenvalue weighted by atomic mass is 10.0. The molecule has 0 atom stereocenters. The van der Waals surface area contributed by atoms with E-state index >= 15 is 0 Å². The van der Waals surface area contributed by atoms with E-state index < -0.39 is 0 Å². The average molecular weight is 411 g/mol. The minimum atomic E-state index is -0.107. The van der Waals surface area contributed by atoms with Gasteiger partial charge in [-0.15, -0.1) is 0 Å². The molecule has 1 aliphatic heterocycles. The fraction of sp³-hybridized carbons (Fsp3) is 0.273. The first-order valence-corrected chi connectivity index (χ1v) is 10.1. The molecule has 1 amide bonds. The summed E-state index contributed by atoms with van der Waals surface area (Å²) in [6, 6.07) is 19.4. The Morgan fingerprint density at radius 3 is 2.59 bits per heavy atom. The van der Waals surface area contributed by atoms with Gasteiger partial charge < -0.3 is 15.0 Å². The van der Waals surface area contributed by atoms with E-state index in [1.54, 1.807) is 24.3 Å². The van der Waals surface area contributed by atoms with Crippen LogP contribution in [0.3, 0.4) is 0 Å². The normalized spacial score (nSPS) is 14.6. The number of H-pyrrole nitrogens is 1. The maximum absolute atomic E-state index is 12.2. The third-order valence-electron chi connectivity index (χ3n) is 5.02. The highest BCUT2D eigenvalue weighted by Crippen LogP contribution is 2.24. The number of rotatable bonds is 6. The summed E-state index contributed by atoms with van der Waals surface area (Å²) in [4.78, 5) is 14.4. The molecule has 0 bridgehead atoms. The molecule has 1 aliphatic rings. The zero-order valence-corrected chi connectivity index (χ0v) is 16.7. The van der Waals surface area contributed by atoms with Crippen molar-refractivity contribution in [3.05, 3.63) is 65.7 Å². The van der Waals surface area contributed by atoms with Crippen LogP contribution in [0, 0.1) is 0 Å². The van der Waals surface area contributed by atoms with Crippen molar-refractivity contribution < 1.29 is 9.53 Å². The van der Waals surface area contributed by atoms with Gasteiger partial charge in [0.1, 0.15) is 5.75 Å². The van der Waals surface area contributed by atoms with Crippen molar-refractivity contribution in [1.29, 1.82) is 0 Å². The first-order valence-electron chi connectivity index (χ1n) is 9.71. The second-order valence-corrected chi connectivity index (χ2v) is 7.51. The Hall–Kier alpha value is -2.99. The van der Waals surface area contributed by atoms with Crippen LogP contribution in [0.5, 0.6) is 5.75 Å². The fourth-order valence-electron chi connectivity index (χ4n) is 3.44. The van der Waals surface area contributed by atoms with E-state index in [1.807, 2.05) is 18.2 Å². The number of anilines is 1. The van der Waals surface area contributed by atoms with E-state index in [2.05, 4.69) is 38.6 Å². The molecule has 2 aromatic carbocycles. The fourth-order valence-corrected chi connectivity index (χ4v) is 3.57. The molecule has 6 nitrogen and oxygen atoms in total. The van der Waals surface area contributed by atoms with Crippen molar-refractivity contribution in [2.24, 2.45) is 0 Å². The van der Waals surface area contributed by atoms with Crippen LogP contribution in [-0.2, 0) is 4.79 Å². The number of nitrogens with zero attached hydrogens (tertiary/aromatic N) is 2. The van der Waals surface area contributed by atoms with Gasteiger partial charge in [0.25, 0.3) is 5.91 Å². The number of ether oxygens (including phenoxy) is 1. The lowest BCUT2D eigenvalue weighted by Crippen LogP contribution is -2.46. The van der Waals surface area contributed by atoms with Crippen molar-refractivity contribution in [1.82, 2.24) is 15.5 Å². The van der Waals surface area contributed by atoms with Crippen LogP contribution in [0.1, 0.15) is 12.8 Å². The number of aromatic nitrogens is 2. The largest absolute Gasteiger partial charge is 0.484 e. The molecule has 0 saturated carbocycles. The van der Waals surface area contributed by atoms with Crippen LogP contribution >= 0.6 is 11.6 Å². The topological polar surface area (TPSA) is 70.2 Å². The molecular weight excluding hydrogens is 388 g/mol. The van der Waals surface area contributed by atoms with Gasteiger partial charge in [-0.2, -0.15) is 5.10 Å². The lowest BCUT2D eigenvalue weighted by Gasteiger charge is -2.32. The van der Waals surface area contributed by atoms with Gasteiger partial charge >= 0.3 is 0 Å². The molecule has 0 spiro atoms. The van der Waals surface area contributed by atoms with E-state index in [0.29, 0.717) is 10.8 Å². The van der Waals surface area contributed by atoms with Gasteiger partial charge in [0, 0.05) is 30.2 Å². The number of aromatic amines is 1. The summed E-state index contributed by atoms with van der Waals surface area (Å²) < 4.78 is 5.50. The van der Waals surface area contributed by atoms with Crippen molar-refractivity contribution in [2.75, 3.05) is 24.6 Å². The molecule has 3 aromatic rings. The van der Waals surface area contributed by atoms with Crippen LogP contribution in [0.15, 0.2) is 60.7 Å². The molecule has 7 heteroatoms. The Labute approximate surface area is 174 Å². The number of carbonyl (C=O) groups is 1. The molecule has 0 unspecified atom stereocenters. The van der Waals surface area contributed by atoms with E-state index in [1.165, 1.54) is 0 Å². The number of nitrogens with one attached hydrogen (secondary N) is 2. The molecule has 1 aromatic heterocycles. The SMILES string of the molecule is O=C(COc1ccc(Cl)cc1)NC1CCN(c2cc(-c3ccccc3)[nH]n2)CC1. The van der Waals surface area contributed by atoms with Crippen LogP contribution in [0.25, 0.3) is 11.3 Å². The smallest absolute Gasteiger partial charge is 0.258 e. The Morgan fingerprint density at radius 1 is 1.14 bits per heavy atom. The maximum atomic E-state index is 12.2. The van der Waals surface area contributed by atoms with E-state index in [9.17, 15) is 4.79 Å². The summed E-state index contributed by atoms with van der Waals surface area (Å²) in [5.41, 5.74) is 2.13. The molecule has 2 N–H and O–H groups in total. The zero-order valence-electron chi connectivity index (χ0n) is 16.0. The van der Waals surface area contributed by atoms with E-state index in [0.717, 1.165) is 43.0 Å². The number of carbonyl (C=O) groups excluding carboxylic acids is 1. The van der Waals surface area contributed by atoms with Crippen molar-refractivity contribution in [2.45, 2.75) is 18.9 Å². The van der Waals surface area contributed by atoms with Crippen molar-refractivity contribution >= 4 is 23.3 Å². The number of benzene rings is 2. The minimum absolute atomic E-state index is 0.00164. The van der Waals surface area contributed by atoms with Gasteiger partial charge in [-0.05, 0) is 42.7 Å². The van der Waals surface area contributed by atoms with Crippen LogP contribution in [-0.4, -0.2) is 41.8 Å². The standard InChI is InChI=1S/C22H23ClN4O2/c23-17-6-8-19(9-7-17)29-15-22(28)24-18-10-12-27(13-11-18)21-14-20(25-26-21)16-4-2-1-3-5-16/h1-9,14,18H,10-13,15H2,(H,24,28)(H,25,26). The summed E-state index contributed by atoms with van der Waals surface area (Å²) in [6.45, 7) is 1.70. The highest BCUT2D eigenvalue weighted by Gasteiger charge is 2.22. The Bertz CT molecular complexity index is 935. The minimum Gasteiger partial charge on any atom is -0.484 e. The molecule has 0 aliphatic carbocycles. The summed E-state index contributed by atoms with van der Waals surface area (Å²) in [5.74, 6) is 1.47. The summed E-state index contributed by atoms with van der Waals surface area (Å²) in [7, 11) is 0. The molecule has 1 fully saturated rings. The van der Waals surface area contributed by atoms with Gasteiger partial charge in [0.05, 0.1) is 5.69 Å². The number of amides is 1. The van der Waals surface area contributed by atoms with Gasteiger partial charge in [-0.25, -0.2) is 0 Å². The second kappa shape index (κ2) is 9.01. The first kappa shape index (κ1) is 19.3. The number of hydrogen-bond donors (Lipinski definition) is 2. The monoisotopic (exact) mass is 410 g/mol. The molecule has 4 rings (SSSR count). The molecule has 150 valence electrons. The third kappa shape index (κ3) is 5.09. The Morgan fingerprint density at radius 2 is 1.86 bits per heavy atom. The van der Waals surface area contributed by atoms with E-state index in [4.69, 9.17) is 16.3 Å². The summed E-state index contributed by atoms with van der Waals surface area (Å²) in [6.07, 6.45) is 1.75.